The molecule has 1 saturated heterocycles. The van der Waals surface area contributed by atoms with E-state index < -0.39 is 0 Å². The van der Waals surface area contributed by atoms with Gasteiger partial charge in [0.15, 0.2) is 0 Å². The summed E-state index contributed by atoms with van der Waals surface area (Å²) < 4.78 is 10.7. The second kappa shape index (κ2) is 8.36. The fourth-order valence-electron chi connectivity index (χ4n) is 2.43. The molecule has 0 radical (unpaired) electrons. The summed E-state index contributed by atoms with van der Waals surface area (Å²) in [6, 6.07) is 3.66. The first-order valence-electron chi connectivity index (χ1n) is 7.69. The molecule has 1 aromatic heterocycles. The van der Waals surface area contributed by atoms with Crippen molar-refractivity contribution in [3.05, 3.63) is 24.5 Å². The van der Waals surface area contributed by atoms with Crippen LogP contribution in [0, 0.1) is 0 Å². The first-order valence-corrected chi connectivity index (χ1v) is 7.69. The van der Waals surface area contributed by atoms with Gasteiger partial charge < -0.3 is 14.4 Å². The van der Waals surface area contributed by atoms with Crippen molar-refractivity contribution < 1.29 is 19.1 Å². The molecule has 0 unspecified atom stereocenters. The highest BCUT2D eigenvalue weighted by molar-refractivity contribution is 5.81. The molecule has 2 rings (SSSR count). The van der Waals surface area contributed by atoms with Gasteiger partial charge in [-0.3, -0.25) is 14.6 Å². The van der Waals surface area contributed by atoms with Gasteiger partial charge in [0.2, 0.25) is 5.91 Å². The van der Waals surface area contributed by atoms with Crippen LogP contribution >= 0.6 is 0 Å². The lowest BCUT2D eigenvalue weighted by Gasteiger charge is -2.32. The second-order valence-electron chi connectivity index (χ2n) is 5.19. The van der Waals surface area contributed by atoms with Crippen molar-refractivity contribution in [2.24, 2.45) is 0 Å². The minimum absolute atomic E-state index is 0.00964. The summed E-state index contributed by atoms with van der Waals surface area (Å²) in [5, 5.41) is 0. The molecule has 0 aromatic carbocycles. The van der Waals surface area contributed by atoms with Crippen molar-refractivity contribution in [1.82, 2.24) is 9.88 Å². The van der Waals surface area contributed by atoms with Gasteiger partial charge in [-0.1, -0.05) is 0 Å². The second-order valence-corrected chi connectivity index (χ2v) is 5.19. The molecular weight excluding hydrogens is 284 g/mol. The monoisotopic (exact) mass is 306 g/mol. The number of esters is 1. The van der Waals surface area contributed by atoms with Crippen LogP contribution in [0.15, 0.2) is 24.5 Å². The summed E-state index contributed by atoms with van der Waals surface area (Å²) in [6.07, 6.45) is 5.49. The highest BCUT2D eigenvalue weighted by Gasteiger charge is 2.24. The van der Waals surface area contributed by atoms with Gasteiger partial charge in [0.05, 0.1) is 13.0 Å². The van der Waals surface area contributed by atoms with Gasteiger partial charge in [0, 0.05) is 44.7 Å². The van der Waals surface area contributed by atoms with E-state index in [1.807, 2.05) is 12.1 Å². The van der Waals surface area contributed by atoms with Crippen LogP contribution in [-0.2, 0) is 14.3 Å². The molecule has 1 aromatic rings. The largest absolute Gasteiger partial charge is 0.490 e. The van der Waals surface area contributed by atoms with Crippen LogP contribution in [0.1, 0.15) is 32.6 Å². The molecule has 0 saturated carbocycles. The zero-order valence-corrected chi connectivity index (χ0v) is 12.9. The zero-order chi connectivity index (χ0) is 15.8. The van der Waals surface area contributed by atoms with Gasteiger partial charge >= 0.3 is 5.97 Å². The molecule has 120 valence electrons. The molecule has 22 heavy (non-hydrogen) atoms. The Morgan fingerprint density at radius 1 is 1.23 bits per heavy atom. The summed E-state index contributed by atoms with van der Waals surface area (Å²) in [5.41, 5.74) is 0. The quantitative estimate of drug-likeness (QED) is 0.750. The Morgan fingerprint density at radius 3 is 2.55 bits per heavy atom. The molecule has 0 atom stereocenters. The standard InChI is InChI=1S/C16H22N2O4/c1-2-21-16(20)4-3-15(19)18-11-7-14(8-12-18)22-13-5-9-17-10-6-13/h5-6,9-10,14H,2-4,7-8,11-12H2,1H3. The molecule has 6 heteroatoms. The van der Waals surface area contributed by atoms with Crippen LogP contribution in [0.3, 0.4) is 0 Å². The number of nitrogens with zero attached hydrogens (tertiary/aromatic N) is 2. The molecule has 1 aliphatic rings. The Morgan fingerprint density at radius 2 is 1.91 bits per heavy atom. The summed E-state index contributed by atoms with van der Waals surface area (Å²) in [6.45, 7) is 3.44. The molecule has 2 heterocycles. The smallest absolute Gasteiger partial charge is 0.306 e. The van der Waals surface area contributed by atoms with Gasteiger partial charge in [-0.15, -0.1) is 0 Å². The van der Waals surface area contributed by atoms with E-state index in [9.17, 15) is 9.59 Å². The van der Waals surface area contributed by atoms with E-state index in [0.717, 1.165) is 18.6 Å². The predicted octanol–water partition coefficient (Wildman–Crippen LogP) is 1.79. The van der Waals surface area contributed by atoms with Crippen LogP contribution in [-0.4, -0.2) is 47.6 Å². The molecule has 0 aliphatic carbocycles. The van der Waals surface area contributed by atoms with E-state index >= 15 is 0 Å². The lowest BCUT2D eigenvalue weighted by atomic mass is 10.1. The minimum atomic E-state index is -0.313. The molecule has 1 fully saturated rings. The predicted molar refractivity (Wildman–Crippen MR) is 80.3 cm³/mol. The number of rotatable bonds is 6. The van der Waals surface area contributed by atoms with Crippen molar-refractivity contribution in [3.63, 3.8) is 0 Å². The maximum Gasteiger partial charge on any atom is 0.306 e. The highest BCUT2D eigenvalue weighted by Crippen LogP contribution is 2.18. The molecule has 0 spiro atoms. The van der Waals surface area contributed by atoms with Gasteiger partial charge in [-0.25, -0.2) is 0 Å². The summed E-state index contributed by atoms with van der Waals surface area (Å²) in [7, 11) is 0. The summed E-state index contributed by atoms with van der Waals surface area (Å²) in [5.74, 6) is 0.504. The molecular formula is C16H22N2O4. The van der Waals surface area contributed by atoms with Gasteiger partial charge in [0.1, 0.15) is 11.9 Å². The number of carbonyl (C=O) groups excluding carboxylic acids is 2. The van der Waals surface area contributed by atoms with Crippen LogP contribution in [0.4, 0.5) is 0 Å². The lowest BCUT2D eigenvalue weighted by Crippen LogP contribution is -2.41. The van der Waals surface area contributed by atoms with E-state index in [2.05, 4.69) is 4.98 Å². The molecule has 1 amide bonds. The Bertz CT molecular complexity index is 484. The number of likely N-dealkylation sites (tertiary alicyclic amines) is 1. The van der Waals surface area contributed by atoms with Crippen molar-refractivity contribution in [1.29, 1.82) is 0 Å². The van der Waals surface area contributed by atoms with E-state index in [0.29, 0.717) is 19.7 Å². The van der Waals surface area contributed by atoms with Crippen LogP contribution in [0.5, 0.6) is 5.75 Å². The minimum Gasteiger partial charge on any atom is -0.490 e. The first-order chi connectivity index (χ1) is 10.7. The van der Waals surface area contributed by atoms with E-state index in [-0.39, 0.29) is 30.8 Å². The molecule has 0 N–H and O–H groups in total. The fraction of sp³-hybridized carbons (Fsp3) is 0.562. The van der Waals surface area contributed by atoms with E-state index in [1.54, 1.807) is 24.2 Å². The first kappa shape index (κ1) is 16.3. The fourth-order valence-corrected chi connectivity index (χ4v) is 2.43. The number of hydrogen-bond acceptors (Lipinski definition) is 5. The average molecular weight is 306 g/mol. The lowest BCUT2D eigenvalue weighted by molar-refractivity contribution is -0.146. The maximum absolute atomic E-state index is 12.0. The van der Waals surface area contributed by atoms with Crippen LogP contribution in [0.2, 0.25) is 0 Å². The highest BCUT2D eigenvalue weighted by atomic mass is 16.5. The third-order valence-electron chi connectivity index (χ3n) is 3.60. The van der Waals surface area contributed by atoms with E-state index in [1.165, 1.54) is 0 Å². The topological polar surface area (TPSA) is 68.7 Å². The number of carbonyl (C=O) groups is 2. The Kier molecular flexibility index (Phi) is 6.18. The van der Waals surface area contributed by atoms with Crippen molar-refractivity contribution in [2.75, 3.05) is 19.7 Å². The number of hydrogen-bond donors (Lipinski definition) is 0. The SMILES string of the molecule is CCOC(=O)CCC(=O)N1CCC(Oc2ccncc2)CC1. The van der Waals surface area contributed by atoms with Crippen molar-refractivity contribution in [3.8, 4) is 5.75 Å². The number of piperidine rings is 1. The van der Waals surface area contributed by atoms with E-state index in [4.69, 9.17) is 9.47 Å². The maximum atomic E-state index is 12.0. The zero-order valence-electron chi connectivity index (χ0n) is 12.9. The number of ether oxygens (including phenoxy) is 2. The van der Waals surface area contributed by atoms with Gasteiger partial charge in [-0.2, -0.15) is 0 Å². The number of pyridine rings is 1. The van der Waals surface area contributed by atoms with Crippen LogP contribution < -0.4 is 4.74 Å². The number of aromatic nitrogens is 1. The summed E-state index contributed by atoms with van der Waals surface area (Å²) in [4.78, 5) is 29.1. The third kappa shape index (κ3) is 5.02. The molecule has 1 aliphatic heterocycles. The van der Waals surface area contributed by atoms with Crippen molar-refractivity contribution in [2.45, 2.75) is 38.7 Å². The Hall–Kier alpha value is -2.11. The Labute approximate surface area is 130 Å². The number of amides is 1. The average Bonchev–Trinajstić information content (AvgIpc) is 2.54. The van der Waals surface area contributed by atoms with Gasteiger partial charge in [0.25, 0.3) is 0 Å². The van der Waals surface area contributed by atoms with Crippen LogP contribution in [0.25, 0.3) is 0 Å². The third-order valence-corrected chi connectivity index (χ3v) is 3.60. The van der Waals surface area contributed by atoms with Gasteiger partial charge in [-0.05, 0) is 19.1 Å². The summed E-state index contributed by atoms with van der Waals surface area (Å²) >= 11 is 0. The van der Waals surface area contributed by atoms with Crippen molar-refractivity contribution >= 4 is 11.9 Å². The Balaban J connectivity index is 1.70. The molecule has 6 nitrogen and oxygen atoms in total. The normalized spacial score (nSPS) is 15.4. The molecule has 0 bridgehead atoms.